The van der Waals surface area contributed by atoms with Gasteiger partial charge >= 0.3 is 0 Å². The number of nitrogens with zero attached hydrogens (tertiary/aromatic N) is 1. The van der Waals surface area contributed by atoms with Gasteiger partial charge in [0.1, 0.15) is 0 Å². The average Bonchev–Trinajstić information content (AvgIpc) is 3.30. The fraction of sp³-hybridized carbons (Fsp3) is 0.667. The Morgan fingerprint density at radius 3 is 2.85 bits per heavy atom. The smallest absolute Gasteiger partial charge is 0.237 e. The van der Waals surface area contributed by atoms with Crippen molar-refractivity contribution in [3.05, 3.63) is 21.3 Å². The Labute approximate surface area is 170 Å². The van der Waals surface area contributed by atoms with Crippen LogP contribution in [0.5, 0.6) is 0 Å². The second-order valence-corrected chi connectivity index (χ2v) is 8.80. The van der Waals surface area contributed by atoms with Gasteiger partial charge in [-0.3, -0.25) is 9.59 Å². The van der Waals surface area contributed by atoms with Crippen molar-refractivity contribution < 1.29 is 9.59 Å². The van der Waals surface area contributed by atoms with E-state index in [0.717, 1.165) is 54.5 Å². The fourth-order valence-corrected chi connectivity index (χ4v) is 4.77. The third-order valence-electron chi connectivity index (χ3n) is 5.16. The third kappa shape index (κ3) is 5.35. The molecule has 3 unspecified atom stereocenters. The highest BCUT2D eigenvalue weighted by Gasteiger charge is 2.29. The Balaban J connectivity index is 0.00000243. The molecule has 2 aliphatic heterocycles. The van der Waals surface area contributed by atoms with Crippen LogP contribution in [0.3, 0.4) is 0 Å². The van der Waals surface area contributed by atoms with E-state index < -0.39 is 0 Å². The van der Waals surface area contributed by atoms with Crippen molar-refractivity contribution in [2.75, 3.05) is 26.2 Å². The molecule has 2 N–H and O–H groups in total. The van der Waals surface area contributed by atoms with Gasteiger partial charge in [0.2, 0.25) is 11.8 Å². The first-order chi connectivity index (χ1) is 12.0. The zero-order chi connectivity index (χ0) is 17.8. The topological polar surface area (TPSA) is 61.4 Å². The average molecular weight is 420 g/mol. The Morgan fingerprint density at radius 1 is 1.38 bits per heavy atom. The van der Waals surface area contributed by atoms with Gasteiger partial charge in [-0.15, -0.1) is 23.7 Å². The number of nitrogens with one attached hydrogen (secondary N) is 2. The van der Waals surface area contributed by atoms with Crippen molar-refractivity contribution in [3.8, 4) is 0 Å². The van der Waals surface area contributed by atoms with E-state index in [4.69, 9.17) is 11.6 Å². The highest BCUT2D eigenvalue weighted by molar-refractivity contribution is 7.16. The summed E-state index contributed by atoms with van der Waals surface area (Å²) in [5.74, 6) is 0.435. The number of hydrogen-bond donors (Lipinski definition) is 2. The lowest BCUT2D eigenvalue weighted by atomic mass is 9.96. The Kier molecular flexibility index (Phi) is 8.20. The molecule has 0 spiro atoms. The fourth-order valence-electron chi connectivity index (χ4n) is 3.66. The molecule has 0 saturated carbocycles. The summed E-state index contributed by atoms with van der Waals surface area (Å²) in [6.45, 7) is 5.05. The minimum atomic E-state index is -0.159. The Morgan fingerprint density at radius 2 is 2.19 bits per heavy atom. The molecule has 0 radical (unpaired) electrons. The summed E-state index contributed by atoms with van der Waals surface area (Å²) in [5.41, 5.74) is 0. The minimum Gasteiger partial charge on any atom is -0.354 e. The maximum absolute atomic E-state index is 12.8. The molecule has 2 amide bonds. The van der Waals surface area contributed by atoms with Crippen LogP contribution in [0.4, 0.5) is 0 Å². The number of piperidine rings is 1. The zero-order valence-corrected chi connectivity index (χ0v) is 17.4. The summed E-state index contributed by atoms with van der Waals surface area (Å²) in [4.78, 5) is 27.9. The van der Waals surface area contributed by atoms with Gasteiger partial charge < -0.3 is 15.5 Å². The van der Waals surface area contributed by atoms with Gasteiger partial charge in [0, 0.05) is 24.5 Å². The molecule has 2 saturated heterocycles. The van der Waals surface area contributed by atoms with E-state index in [9.17, 15) is 9.59 Å². The number of amides is 2. The molecule has 0 aliphatic carbocycles. The van der Waals surface area contributed by atoms with Gasteiger partial charge in [0.05, 0.1) is 16.3 Å². The number of carbonyl (C=O) groups is 2. The van der Waals surface area contributed by atoms with Crippen LogP contribution in [0.1, 0.15) is 43.4 Å². The van der Waals surface area contributed by atoms with Gasteiger partial charge in [-0.25, -0.2) is 0 Å². The first kappa shape index (κ1) is 21.5. The van der Waals surface area contributed by atoms with Crippen LogP contribution in [-0.4, -0.2) is 48.9 Å². The van der Waals surface area contributed by atoms with Crippen LogP contribution in [0.2, 0.25) is 4.34 Å². The van der Waals surface area contributed by atoms with Crippen molar-refractivity contribution in [3.63, 3.8) is 0 Å². The van der Waals surface area contributed by atoms with Crippen LogP contribution in [0, 0.1) is 5.92 Å². The van der Waals surface area contributed by atoms with E-state index in [0.29, 0.717) is 12.5 Å². The van der Waals surface area contributed by atoms with Gasteiger partial charge in [-0.2, -0.15) is 0 Å². The summed E-state index contributed by atoms with van der Waals surface area (Å²) < 4.78 is 0.717. The van der Waals surface area contributed by atoms with Crippen molar-refractivity contribution in [2.24, 2.45) is 5.92 Å². The molecule has 3 atom stereocenters. The molecule has 0 aromatic carbocycles. The van der Waals surface area contributed by atoms with Crippen molar-refractivity contribution in [2.45, 2.75) is 44.6 Å². The first-order valence-corrected chi connectivity index (χ1v) is 10.3. The summed E-state index contributed by atoms with van der Waals surface area (Å²) in [7, 11) is 0. The molecule has 1 aromatic heterocycles. The lowest BCUT2D eigenvalue weighted by Crippen LogP contribution is -2.47. The van der Waals surface area contributed by atoms with E-state index in [1.807, 2.05) is 24.0 Å². The third-order valence-corrected chi connectivity index (χ3v) is 6.58. The maximum Gasteiger partial charge on any atom is 0.237 e. The van der Waals surface area contributed by atoms with E-state index in [-0.39, 0.29) is 36.2 Å². The largest absolute Gasteiger partial charge is 0.354 e. The van der Waals surface area contributed by atoms with Crippen LogP contribution in [0.25, 0.3) is 0 Å². The Hall–Kier alpha value is -0.820. The van der Waals surface area contributed by atoms with Gasteiger partial charge in [-0.05, 0) is 57.2 Å². The van der Waals surface area contributed by atoms with E-state index in [2.05, 4.69) is 10.6 Å². The molecule has 2 aliphatic rings. The molecule has 5 nitrogen and oxygen atoms in total. The predicted molar refractivity (Wildman–Crippen MR) is 108 cm³/mol. The number of rotatable bonds is 5. The first-order valence-electron chi connectivity index (χ1n) is 9.09. The molecule has 0 bridgehead atoms. The molecule has 2 fully saturated rings. The van der Waals surface area contributed by atoms with Gasteiger partial charge in [-0.1, -0.05) is 11.6 Å². The van der Waals surface area contributed by atoms with E-state index in [1.165, 1.54) is 11.3 Å². The number of likely N-dealkylation sites (tertiary alicyclic amines) is 1. The summed E-state index contributed by atoms with van der Waals surface area (Å²) in [5, 5.41) is 6.28. The lowest BCUT2D eigenvalue weighted by Gasteiger charge is -2.34. The highest BCUT2D eigenvalue weighted by atomic mass is 35.5. The second-order valence-electron chi connectivity index (χ2n) is 7.05. The van der Waals surface area contributed by atoms with Crippen LogP contribution in [-0.2, 0) is 9.59 Å². The molecule has 1 aromatic rings. The standard InChI is InChI=1S/C18H26ClN3O2S.ClH/c1-12(15-6-7-16(19)25-15)18(24)22-9-3-4-13(11-22)10-21-17(23)14-5-2-8-20-14;/h6-7,12-14,20H,2-5,8-11H2,1H3,(H,21,23);1H. The second kappa shape index (κ2) is 9.93. The quantitative estimate of drug-likeness (QED) is 0.770. The lowest BCUT2D eigenvalue weighted by molar-refractivity contribution is -0.134. The van der Waals surface area contributed by atoms with Crippen molar-refractivity contribution >= 4 is 47.2 Å². The number of hydrogen-bond acceptors (Lipinski definition) is 4. The van der Waals surface area contributed by atoms with Crippen LogP contribution in [0.15, 0.2) is 12.1 Å². The van der Waals surface area contributed by atoms with E-state index in [1.54, 1.807) is 0 Å². The predicted octanol–water partition coefficient (Wildman–Crippen LogP) is 3.03. The SMILES string of the molecule is CC(C(=O)N1CCCC(CNC(=O)C2CCCN2)C1)c1ccc(Cl)s1.Cl. The maximum atomic E-state index is 12.8. The highest BCUT2D eigenvalue weighted by Crippen LogP contribution is 2.30. The molecule has 146 valence electrons. The molecular formula is C18H27Cl2N3O2S. The molecule has 3 rings (SSSR count). The Bertz CT molecular complexity index is 619. The number of carbonyl (C=O) groups excluding carboxylic acids is 2. The summed E-state index contributed by atoms with van der Waals surface area (Å²) in [6, 6.07) is 3.74. The monoisotopic (exact) mass is 419 g/mol. The van der Waals surface area contributed by atoms with Gasteiger partial charge in [0.25, 0.3) is 0 Å². The van der Waals surface area contributed by atoms with Crippen molar-refractivity contribution in [1.29, 1.82) is 0 Å². The summed E-state index contributed by atoms with van der Waals surface area (Å²) in [6.07, 6.45) is 4.03. The zero-order valence-electron chi connectivity index (χ0n) is 15.0. The minimum absolute atomic E-state index is 0. The van der Waals surface area contributed by atoms with Crippen molar-refractivity contribution in [1.82, 2.24) is 15.5 Å². The van der Waals surface area contributed by atoms with Gasteiger partial charge in [0.15, 0.2) is 0 Å². The molecule has 26 heavy (non-hydrogen) atoms. The van der Waals surface area contributed by atoms with Crippen LogP contribution >= 0.6 is 35.3 Å². The number of thiophene rings is 1. The normalized spacial score (nSPS) is 24.0. The van der Waals surface area contributed by atoms with Crippen LogP contribution < -0.4 is 10.6 Å². The van der Waals surface area contributed by atoms with E-state index >= 15 is 0 Å². The number of halogens is 2. The molecular weight excluding hydrogens is 393 g/mol. The molecule has 3 heterocycles. The molecule has 8 heteroatoms. The summed E-state index contributed by atoms with van der Waals surface area (Å²) >= 11 is 7.46.